The number of imidazole rings is 1. The molecule has 1 aromatic heterocycles. The van der Waals surface area contributed by atoms with Crippen LogP contribution < -0.4 is 5.32 Å². The summed E-state index contributed by atoms with van der Waals surface area (Å²) in [7, 11) is 0. The Morgan fingerprint density at radius 1 is 1.50 bits per heavy atom. The van der Waals surface area contributed by atoms with Crippen molar-refractivity contribution in [1.29, 1.82) is 0 Å². The zero-order chi connectivity index (χ0) is 11.5. The molecule has 4 nitrogen and oxygen atoms in total. The van der Waals surface area contributed by atoms with Crippen LogP contribution in [0.3, 0.4) is 0 Å². The average molecular weight is 280 g/mol. The van der Waals surface area contributed by atoms with Crippen molar-refractivity contribution in [3.05, 3.63) is 47.0 Å². The van der Waals surface area contributed by atoms with Gasteiger partial charge in [-0.1, -0.05) is 6.07 Å². The lowest BCUT2D eigenvalue weighted by Gasteiger charge is -2.08. The van der Waals surface area contributed by atoms with Gasteiger partial charge in [0, 0.05) is 16.9 Å². The van der Waals surface area contributed by atoms with Crippen LogP contribution in [0.15, 0.2) is 41.4 Å². The Morgan fingerprint density at radius 3 is 3.00 bits per heavy atom. The van der Waals surface area contributed by atoms with Crippen LogP contribution in [-0.2, 0) is 0 Å². The number of anilines is 1. The van der Waals surface area contributed by atoms with Gasteiger partial charge in [-0.2, -0.15) is 0 Å². The molecule has 0 radical (unpaired) electrons. The van der Waals surface area contributed by atoms with Crippen molar-refractivity contribution in [2.24, 2.45) is 0 Å². The van der Waals surface area contributed by atoms with Crippen LogP contribution in [-0.4, -0.2) is 15.6 Å². The Bertz CT molecular complexity index is 508. The maximum absolute atomic E-state index is 11.7. The molecule has 0 fully saturated rings. The number of carbonyl (C=O) groups excluding carboxylic acids is 1. The second kappa shape index (κ2) is 4.49. The minimum absolute atomic E-state index is 0.233. The molecule has 0 saturated carbocycles. The van der Waals surface area contributed by atoms with Crippen LogP contribution in [0, 0.1) is 6.92 Å². The van der Waals surface area contributed by atoms with Gasteiger partial charge in [0.25, 0.3) is 0 Å². The molecule has 0 bridgehead atoms. The molecule has 2 rings (SSSR count). The van der Waals surface area contributed by atoms with Gasteiger partial charge in [0.2, 0.25) is 0 Å². The Hall–Kier alpha value is -1.62. The number of amides is 1. The van der Waals surface area contributed by atoms with Gasteiger partial charge in [0.1, 0.15) is 6.33 Å². The monoisotopic (exact) mass is 279 g/mol. The second-order valence-corrected chi connectivity index (χ2v) is 4.24. The largest absolute Gasteiger partial charge is 0.331 e. The number of aryl methyl sites for hydroxylation is 1. The van der Waals surface area contributed by atoms with Crippen LogP contribution >= 0.6 is 15.9 Å². The van der Waals surface area contributed by atoms with Gasteiger partial charge in [-0.25, -0.2) is 9.78 Å². The Morgan fingerprint density at radius 2 is 2.31 bits per heavy atom. The molecule has 1 aromatic carbocycles. The van der Waals surface area contributed by atoms with Gasteiger partial charge in [-0.05, 0) is 40.5 Å². The van der Waals surface area contributed by atoms with Gasteiger partial charge < -0.3 is 5.32 Å². The summed E-state index contributed by atoms with van der Waals surface area (Å²) in [5.41, 5.74) is 1.84. The SMILES string of the molecule is Cc1ccc(Br)c(NC(=O)n2ccnc2)c1. The molecule has 0 aliphatic rings. The summed E-state index contributed by atoms with van der Waals surface area (Å²) in [6.07, 6.45) is 4.61. The molecule has 0 aliphatic carbocycles. The zero-order valence-electron chi connectivity index (χ0n) is 8.64. The quantitative estimate of drug-likeness (QED) is 0.872. The second-order valence-electron chi connectivity index (χ2n) is 3.38. The van der Waals surface area contributed by atoms with E-state index in [1.807, 2.05) is 25.1 Å². The number of hydrogen-bond acceptors (Lipinski definition) is 2. The molecule has 2 aromatic rings. The number of halogens is 1. The van der Waals surface area contributed by atoms with Crippen molar-refractivity contribution < 1.29 is 4.79 Å². The van der Waals surface area contributed by atoms with Crippen molar-refractivity contribution >= 4 is 27.6 Å². The highest BCUT2D eigenvalue weighted by molar-refractivity contribution is 9.10. The third kappa shape index (κ3) is 2.30. The van der Waals surface area contributed by atoms with E-state index in [9.17, 15) is 4.79 Å². The lowest BCUT2D eigenvalue weighted by atomic mass is 10.2. The molecule has 82 valence electrons. The summed E-state index contributed by atoms with van der Waals surface area (Å²) >= 11 is 3.38. The first-order chi connectivity index (χ1) is 7.66. The first kappa shape index (κ1) is 10.9. The lowest BCUT2D eigenvalue weighted by Crippen LogP contribution is -2.18. The number of carbonyl (C=O) groups is 1. The Labute approximate surface area is 101 Å². The number of rotatable bonds is 1. The van der Waals surface area contributed by atoms with E-state index in [-0.39, 0.29) is 6.03 Å². The van der Waals surface area contributed by atoms with Crippen molar-refractivity contribution in [2.45, 2.75) is 6.92 Å². The summed E-state index contributed by atoms with van der Waals surface area (Å²) in [6.45, 7) is 1.97. The van der Waals surface area contributed by atoms with Crippen LogP contribution in [0.25, 0.3) is 0 Å². The van der Waals surface area contributed by atoms with Crippen molar-refractivity contribution in [3.8, 4) is 0 Å². The molecule has 0 aliphatic heterocycles. The fraction of sp³-hybridized carbons (Fsp3) is 0.0909. The molecule has 0 atom stereocenters. The predicted molar refractivity (Wildman–Crippen MR) is 65.5 cm³/mol. The fourth-order valence-corrected chi connectivity index (χ4v) is 1.64. The minimum Gasteiger partial charge on any atom is -0.306 e. The van der Waals surface area contributed by atoms with E-state index in [0.717, 1.165) is 15.7 Å². The molecule has 0 unspecified atom stereocenters. The van der Waals surface area contributed by atoms with Crippen molar-refractivity contribution in [1.82, 2.24) is 9.55 Å². The average Bonchev–Trinajstić information content (AvgIpc) is 2.76. The van der Waals surface area contributed by atoms with Crippen molar-refractivity contribution in [3.63, 3.8) is 0 Å². The summed E-state index contributed by atoms with van der Waals surface area (Å²) in [5, 5.41) is 2.79. The lowest BCUT2D eigenvalue weighted by molar-refractivity contribution is 0.253. The third-order valence-electron chi connectivity index (χ3n) is 2.10. The highest BCUT2D eigenvalue weighted by Crippen LogP contribution is 2.23. The molecular weight excluding hydrogens is 270 g/mol. The van der Waals surface area contributed by atoms with Crippen LogP contribution in [0.2, 0.25) is 0 Å². The van der Waals surface area contributed by atoms with Gasteiger partial charge in [-0.3, -0.25) is 4.57 Å². The first-order valence-electron chi connectivity index (χ1n) is 4.72. The van der Waals surface area contributed by atoms with E-state index in [0.29, 0.717) is 0 Å². The van der Waals surface area contributed by atoms with E-state index in [2.05, 4.69) is 26.2 Å². The van der Waals surface area contributed by atoms with Gasteiger partial charge in [0.05, 0.1) is 5.69 Å². The van der Waals surface area contributed by atoms with E-state index >= 15 is 0 Å². The summed E-state index contributed by atoms with van der Waals surface area (Å²) in [5.74, 6) is 0. The molecule has 1 heterocycles. The van der Waals surface area contributed by atoms with Gasteiger partial charge in [-0.15, -0.1) is 0 Å². The summed E-state index contributed by atoms with van der Waals surface area (Å²) in [6, 6.07) is 5.54. The van der Waals surface area contributed by atoms with E-state index in [1.165, 1.54) is 10.9 Å². The number of nitrogens with one attached hydrogen (secondary N) is 1. The maximum atomic E-state index is 11.7. The number of benzene rings is 1. The van der Waals surface area contributed by atoms with Gasteiger partial charge in [0.15, 0.2) is 0 Å². The molecule has 1 N–H and O–H groups in total. The minimum atomic E-state index is -0.233. The summed E-state index contributed by atoms with van der Waals surface area (Å²) < 4.78 is 2.24. The fourth-order valence-electron chi connectivity index (χ4n) is 1.29. The predicted octanol–water partition coefficient (Wildman–Crippen LogP) is 3.03. The summed E-state index contributed by atoms with van der Waals surface area (Å²) in [4.78, 5) is 15.5. The first-order valence-corrected chi connectivity index (χ1v) is 5.51. The molecule has 5 heteroatoms. The molecule has 0 saturated heterocycles. The Kier molecular flexibility index (Phi) is 3.05. The third-order valence-corrected chi connectivity index (χ3v) is 2.79. The molecular formula is C11H10BrN3O. The number of hydrogen-bond donors (Lipinski definition) is 1. The molecule has 1 amide bonds. The Balaban J connectivity index is 2.21. The van der Waals surface area contributed by atoms with E-state index in [4.69, 9.17) is 0 Å². The van der Waals surface area contributed by atoms with E-state index < -0.39 is 0 Å². The van der Waals surface area contributed by atoms with Crippen LogP contribution in [0.5, 0.6) is 0 Å². The zero-order valence-corrected chi connectivity index (χ0v) is 10.2. The van der Waals surface area contributed by atoms with Crippen LogP contribution in [0.1, 0.15) is 5.56 Å². The van der Waals surface area contributed by atoms with Gasteiger partial charge >= 0.3 is 6.03 Å². The number of aromatic nitrogens is 2. The molecule has 0 spiro atoms. The van der Waals surface area contributed by atoms with Crippen LogP contribution in [0.4, 0.5) is 10.5 Å². The topological polar surface area (TPSA) is 46.9 Å². The van der Waals surface area contributed by atoms with E-state index in [1.54, 1.807) is 12.4 Å². The highest BCUT2D eigenvalue weighted by Gasteiger charge is 2.06. The number of nitrogens with zero attached hydrogens (tertiary/aromatic N) is 2. The normalized spacial score (nSPS) is 10.1. The standard InChI is InChI=1S/C11H10BrN3O/c1-8-2-3-9(12)10(6-8)14-11(16)15-5-4-13-7-15/h2-7H,1H3,(H,14,16). The highest BCUT2D eigenvalue weighted by atomic mass is 79.9. The smallest absolute Gasteiger partial charge is 0.306 e. The molecule has 16 heavy (non-hydrogen) atoms. The van der Waals surface area contributed by atoms with Crippen molar-refractivity contribution in [2.75, 3.05) is 5.32 Å². The maximum Gasteiger partial charge on any atom is 0.331 e.